The Labute approximate surface area is 124 Å². The van der Waals surface area contributed by atoms with Crippen LogP contribution in [0.15, 0.2) is 0 Å². The Hall–Kier alpha value is -0.790. The summed E-state index contributed by atoms with van der Waals surface area (Å²) >= 11 is 1.33. The van der Waals surface area contributed by atoms with Gasteiger partial charge in [0.05, 0.1) is 6.61 Å². The maximum atomic E-state index is 12.2. The molecule has 2 rings (SSSR count). The number of rotatable bonds is 5. The number of nitrogens with zero attached hydrogens (tertiary/aromatic N) is 3. The summed E-state index contributed by atoms with van der Waals surface area (Å²) in [7, 11) is 0. The van der Waals surface area contributed by atoms with Crippen molar-refractivity contribution < 1.29 is 14.7 Å². The third-order valence-electron chi connectivity index (χ3n) is 3.80. The lowest BCUT2D eigenvalue weighted by atomic mass is 10.3. The van der Waals surface area contributed by atoms with Crippen LogP contribution < -0.4 is 0 Å². The summed E-state index contributed by atoms with van der Waals surface area (Å²) < 4.78 is 0. The number of thioether (sulfide) groups is 1. The Balaban J connectivity index is 1.73. The predicted octanol–water partition coefficient (Wildman–Crippen LogP) is 0.0719. The molecule has 0 aliphatic carbocycles. The molecule has 2 aliphatic heterocycles. The highest BCUT2D eigenvalue weighted by atomic mass is 32.2. The molecule has 114 valence electrons. The molecule has 7 heteroatoms. The smallest absolute Gasteiger partial charge is 0.281 e. The Morgan fingerprint density at radius 2 is 2.00 bits per heavy atom. The molecule has 2 amide bonds. The van der Waals surface area contributed by atoms with Crippen molar-refractivity contribution in [3.05, 3.63) is 0 Å². The summed E-state index contributed by atoms with van der Waals surface area (Å²) in [6, 6.07) is 0. The molecule has 0 aromatic carbocycles. The lowest BCUT2D eigenvalue weighted by molar-refractivity contribution is -0.131. The van der Waals surface area contributed by atoms with Crippen molar-refractivity contribution in [1.82, 2.24) is 14.7 Å². The standard InChI is InChI=1S/C13H23N3O3S/c17-10-8-14-3-1-4-15(7-6-14)12(18)2-5-16-9-11-20-13(16)19/h17H,1-11H2. The van der Waals surface area contributed by atoms with Crippen LogP contribution in [0.5, 0.6) is 0 Å². The lowest BCUT2D eigenvalue weighted by Gasteiger charge is -2.22. The van der Waals surface area contributed by atoms with Crippen molar-refractivity contribution in [2.45, 2.75) is 12.8 Å². The number of aliphatic hydroxyl groups excluding tert-OH is 1. The van der Waals surface area contributed by atoms with Gasteiger partial charge in [0.1, 0.15) is 0 Å². The fraction of sp³-hybridized carbons (Fsp3) is 0.846. The molecule has 0 atom stereocenters. The zero-order valence-electron chi connectivity index (χ0n) is 11.8. The van der Waals surface area contributed by atoms with Crippen LogP contribution in [0, 0.1) is 0 Å². The van der Waals surface area contributed by atoms with Crippen molar-refractivity contribution in [2.75, 3.05) is 58.2 Å². The summed E-state index contributed by atoms with van der Waals surface area (Å²) in [5.41, 5.74) is 0. The zero-order valence-corrected chi connectivity index (χ0v) is 12.6. The van der Waals surface area contributed by atoms with Crippen LogP contribution in [-0.4, -0.2) is 89.1 Å². The van der Waals surface area contributed by atoms with Gasteiger partial charge in [0.25, 0.3) is 5.24 Å². The second-order valence-corrected chi connectivity index (χ2v) is 6.20. The lowest BCUT2D eigenvalue weighted by Crippen LogP contribution is -2.37. The molecule has 2 fully saturated rings. The van der Waals surface area contributed by atoms with Gasteiger partial charge in [-0.25, -0.2) is 0 Å². The highest BCUT2D eigenvalue weighted by molar-refractivity contribution is 8.13. The maximum absolute atomic E-state index is 12.2. The number of β-amino-alcohol motifs (C(OH)–C–C–N with tert-alkyl or cyclic N) is 1. The van der Waals surface area contributed by atoms with Gasteiger partial charge in [-0.3, -0.25) is 14.5 Å². The fourth-order valence-corrected chi connectivity index (χ4v) is 3.45. The van der Waals surface area contributed by atoms with E-state index in [1.807, 2.05) is 4.90 Å². The number of hydrogen-bond acceptors (Lipinski definition) is 5. The number of aliphatic hydroxyl groups is 1. The quantitative estimate of drug-likeness (QED) is 0.779. The first kappa shape index (κ1) is 15.6. The van der Waals surface area contributed by atoms with Crippen LogP contribution in [0.3, 0.4) is 0 Å². The summed E-state index contributed by atoms with van der Waals surface area (Å²) in [4.78, 5) is 29.5. The van der Waals surface area contributed by atoms with Gasteiger partial charge < -0.3 is 14.9 Å². The van der Waals surface area contributed by atoms with Crippen molar-refractivity contribution in [3.8, 4) is 0 Å². The molecule has 20 heavy (non-hydrogen) atoms. The maximum Gasteiger partial charge on any atom is 0.281 e. The minimum absolute atomic E-state index is 0.0998. The van der Waals surface area contributed by atoms with Gasteiger partial charge in [-0.2, -0.15) is 0 Å². The zero-order chi connectivity index (χ0) is 14.4. The van der Waals surface area contributed by atoms with Crippen molar-refractivity contribution in [2.24, 2.45) is 0 Å². The first-order chi connectivity index (χ1) is 9.70. The Morgan fingerprint density at radius 1 is 1.15 bits per heavy atom. The second kappa shape index (κ2) is 7.85. The minimum atomic E-state index is 0.0998. The van der Waals surface area contributed by atoms with E-state index in [-0.39, 0.29) is 17.8 Å². The third-order valence-corrected chi connectivity index (χ3v) is 4.69. The van der Waals surface area contributed by atoms with Gasteiger partial charge >= 0.3 is 0 Å². The van der Waals surface area contributed by atoms with Crippen LogP contribution in [0.4, 0.5) is 4.79 Å². The first-order valence-electron chi connectivity index (χ1n) is 7.23. The summed E-state index contributed by atoms with van der Waals surface area (Å²) in [6.45, 7) is 5.42. The molecular formula is C13H23N3O3S. The van der Waals surface area contributed by atoms with Gasteiger partial charge in [-0.05, 0) is 13.0 Å². The molecule has 1 N–H and O–H groups in total. The third kappa shape index (κ3) is 4.36. The van der Waals surface area contributed by atoms with Gasteiger partial charge in [0.15, 0.2) is 0 Å². The number of carbonyl (C=O) groups is 2. The minimum Gasteiger partial charge on any atom is -0.395 e. The highest BCUT2D eigenvalue weighted by Gasteiger charge is 2.23. The highest BCUT2D eigenvalue weighted by Crippen LogP contribution is 2.17. The van der Waals surface area contributed by atoms with Crippen LogP contribution in [0.1, 0.15) is 12.8 Å². The van der Waals surface area contributed by atoms with E-state index < -0.39 is 0 Å². The average Bonchev–Trinajstić information content (AvgIpc) is 2.71. The molecule has 0 saturated carbocycles. The van der Waals surface area contributed by atoms with E-state index >= 15 is 0 Å². The molecule has 2 heterocycles. The first-order valence-corrected chi connectivity index (χ1v) is 8.22. The van der Waals surface area contributed by atoms with Crippen LogP contribution >= 0.6 is 11.8 Å². The Morgan fingerprint density at radius 3 is 2.70 bits per heavy atom. The summed E-state index contributed by atoms with van der Waals surface area (Å²) in [6.07, 6.45) is 1.37. The van der Waals surface area contributed by atoms with Crippen molar-refractivity contribution in [1.29, 1.82) is 0 Å². The van der Waals surface area contributed by atoms with E-state index in [0.29, 0.717) is 19.5 Å². The molecule has 2 saturated heterocycles. The van der Waals surface area contributed by atoms with E-state index in [1.165, 1.54) is 11.8 Å². The molecule has 0 aromatic rings. The normalized spacial score (nSPS) is 21.4. The number of amides is 2. The topological polar surface area (TPSA) is 64.1 Å². The SMILES string of the molecule is O=C(CCN1CCSC1=O)N1CCCN(CCO)CC1. The largest absolute Gasteiger partial charge is 0.395 e. The van der Waals surface area contributed by atoms with Gasteiger partial charge in [0.2, 0.25) is 5.91 Å². The van der Waals surface area contributed by atoms with Gasteiger partial charge in [-0.15, -0.1) is 0 Å². The molecule has 0 spiro atoms. The van der Waals surface area contributed by atoms with Crippen LogP contribution in [0.2, 0.25) is 0 Å². The van der Waals surface area contributed by atoms with Gasteiger partial charge in [-0.1, -0.05) is 11.8 Å². The Kier molecular flexibility index (Phi) is 6.12. The number of carbonyl (C=O) groups excluding carboxylic acids is 2. The van der Waals surface area contributed by atoms with Crippen molar-refractivity contribution >= 4 is 22.9 Å². The molecule has 0 bridgehead atoms. The summed E-state index contributed by atoms with van der Waals surface area (Å²) in [5.74, 6) is 0.980. The monoisotopic (exact) mass is 301 g/mol. The molecular weight excluding hydrogens is 278 g/mol. The molecule has 0 radical (unpaired) electrons. The number of hydrogen-bond donors (Lipinski definition) is 1. The Bertz CT molecular complexity index is 354. The fourth-order valence-electron chi connectivity index (χ4n) is 2.60. The van der Waals surface area contributed by atoms with E-state index in [1.54, 1.807) is 4.90 Å². The average molecular weight is 301 g/mol. The molecule has 2 aliphatic rings. The van der Waals surface area contributed by atoms with E-state index in [9.17, 15) is 9.59 Å². The predicted molar refractivity (Wildman–Crippen MR) is 78.8 cm³/mol. The van der Waals surface area contributed by atoms with Crippen LogP contribution in [0.25, 0.3) is 0 Å². The summed E-state index contributed by atoms with van der Waals surface area (Å²) in [5, 5.41) is 9.05. The van der Waals surface area contributed by atoms with Crippen LogP contribution in [-0.2, 0) is 4.79 Å². The molecule has 6 nitrogen and oxygen atoms in total. The second-order valence-electron chi connectivity index (χ2n) is 5.15. The van der Waals surface area contributed by atoms with Gasteiger partial charge in [0, 0.05) is 51.4 Å². The van der Waals surface area contributed by atoms with E-state index in [2.05, 4.69) is 4.90 Å². The van der Waals surface area contributed by atoms with E-state index in [0.717, 1.165) is 44.9 Å². The molecule has 0 aromatic heterocycles. The van der Waals surface area contributed by atoms with E-state index in [4.69, 9.17) is 5.11 Å². The van der Waals surface area contributed by atoms with Crippen molar-refractivity contribution in [3.63, 3.8) is 0 Å². The molecule has 0 unspecified atom stereocenters.